The van der Waals surface area contributed by atoms with E-state index in [9.17, 15) is 9.18 Å². The fraction of sp³-hybridized carbons (Fsp3) is 0.286. The summed E-state index contributed by atoms with van der Waals surface area (Å²) in [7, 11) is 0. The van der Waals surface area contributed by atoms with Gasteiger partial charge in [0.05, 0.1) is 11.7 Å². The van der Waals surface area contributed by atoms with Crippen molar-refractivity contribution in [2.45, 2.75) is 25.7 Å². The fourth-order valence-corrected chi connectivity index (χ4v) is 2.27. The molecule has 0 atom stereocenters. The molecule has 5 heteroatoms. The normalized spacial score (nSPS) is 10.4. The first-order valence-corrected chi connectivity index (χ1v) is 7.05. The predicted molar refractivity (Wildman–Crippen MR) is 74.7 cm³/mol. The summed E-state index contributed by atoms with van der Waals surface area (Å²) < 4.78 is 12.7. The molecule has 0 aliphatic carbocycles. The van der Waals surface area contributed by atoms with E-state index in [0.717, 1.165) is 29.8 Å². The molecule has 0 aliphatic rings. The first kappa shape index (κ1) is 13.7. The first-order valence-electron chi connectivity index (χ1n) is 6.17. The highest BCUT2D eigenvalue weighted by molar-refractivity contribution is 7.13. The molecule has 1 aromatic heterocycles. The molecular formula is C14H15FN2OS. The van der Waals surface area contributed by atoms with E-state index in [1.54, 1.807) is 23.8 Å². The fourth-order valence-electron chi connectivity index (χ4n) is 1.74. The highest BCUT2D eigenvalue weighted by atomic mass is 32.1. The zero-order valence-electron chi connectivity index (χ0n) is 10.4. The van der Waals surface area contributed by atoms with Gasteiger partial charge in [0, 0.05) is 6.42 Å². The number of hydrogen-bond acceptors (Lipinski definition) is 3. The quantitative estimate of drug-likeness (QED) is 0.820. The number of hydrogen-bond donors (Lipinski definition) is 1. The number of anilines is 1. The molecule has 3 nitrogen and oxygen atoms in total. The third-order valence-electron chi connectivity index (χ3n) is 2.73. The Morgan fingerprint density at radius 2 is 2.05 bits per heavy atom. The Labute approximate surface area is 115 Å². The Morgan fingerprint density at radius 1 is 1.26 bits per heavy atom. The van der Waals surface area contributed by atoms with Crippen LogP contribution in [-0.4, -0.2) is 10.9 Å². The lowest BCUT2D eigenvalue weighted by atomic mass is 10.1. The van der Waals surface area contributed by atoms with Crippen molar-refractivity contribution in [1.29, 1.82) is 0 Å². The van der Waals surface area contributed by atoms with Crippen LogP contribution in [0.1, 0.15) is 24.8 Å². The van der Waals surface area contributed by atoms with Crippen LogP contribution in [0.5, 0.6) is 0 Å². The first-order chi connectivity index (χ1) is 9.24. The summed E-state index contributed by atoms with van der Waals surface area (Å²) in [5.41, 5.74) is 2.79. The minimum Gasteiger partial charge on any atom is -0.316 e. The van der Waals surface area contributed by atoms with Gasteiger partial charge in [0.15, 0.2) is 0 Å². The van der Waals surface area contributed by atoms with E-state index in [0.29, 0.717) is 6.42 Å². The van der Waals surface area contributed by atoms with Crippen LogP contribution in [0, 0.1) is 5.82 Å². The molecule has 0 aliphatic heterocycles. The highest BCUT2D eigenvalue weighted by Gasteiger charge is 2.03. The molecule has 0 spiro atoms. The van der Waals surface area contributed by atoms with Crippen molar-refractivity contribution in [2.75, 3.05) is 5.32 Å². The number of benzene rings is 1. The number of carbonyl (C=O) groups is 1. The van der Waals surface area contributed by atoms with E-state index in [1.807, 2.05) is 0 Å². The number of halogens is 1. The van der Waals surface area contributed by atoms with Gasteiger partial charge in [-0.25, -0.2) is 4.39 Å². The Hall–Kier alpha value is -1.75. The summed E-state index contributed by atoms with van der Waals surface area (Å²) in [6, 6.07) is 6.50. The van der Waals surface area contributed by atoms with E-state index in [2.05, 4.69) is 10.3 Å². The molecule has 2 rings (SSSR count). The van der Waals surface area contributed by atoms with Crippen LogP contribution in [0.2, 0.25) is 0 Å². The molecule has 1 aromatic carbocycles. The second-order valence-electron chi connectivity index (χ2n) is 4.25. The largest absolute Gasteiger partial charge is 0.316 e. The standard InChI is InChI=1S/C14H15FN2OS/c15-12-7-5-11(6-8-12)3-1-2-4-13(18)17-14-9-16-10-19-14/h5-10H,1-4H2,(H,17,18). The van der Waals surface area contributed by atoms with Gasteiger partial charge in [0.2, 0.25) is 5.91 Å². The molecule has 0 radical (unpaired) electrons. The molecule has 1 N–H and O–H groups in total. The Morgan fingerprint density at radius 3 is 2.74 bits per heavy atom. The third kappa shape index (κ3) is 4.79. The number of aromatic nitrogens is 1. The molecular weight excluding hydrogens is 263 g/mol. The maximum absolute atomic E-state index is 12.7. The van der Waals surface area contributed by atoms with Gasteiger partial charge in [0.25, 0.3) is 0 Å². The van der Waals surface area contributed by atoms with Crippen molar-refractivity contribution in [2.24, 2.45) is 0 Å². The average molecular weight is 278 g/mol. The topological polar surface area (TPSA) is 42.0 Å². The van der Waals surface area contributed by atoms with E-state index in [4.69, 9.17) is 0 Å². The maximum Gasteiger partial charge on any atom is 0.225 e. The van der Waals surface area contributed by atoms with Crippen LogP contribution in [0.3, 0.4) is 0 Å². The number of thiazole rings is 1. The lowest BCUT2D eigenvalue weighted by Crippen LogP contribution is -2.10. The molecule has 0 saturated carbocycles. The summed E-state index contributed by atoms with van der Waals surface area (Å²) in [6.45, 7) is 0. The van der Waals surface area contributed by atoms with Gasteiger partial charge in [0.1, 0.15) is 10.8 Å². The molecule has 19 heavy (non-hydrogen) atoms. The summed E-state index contributed by atoms with van der Waals surface area (Å²) in [6.07, 6.45) is 4.75. The SMILES string of the molecule is O=C(CCCCc1ccc(F)cc1)Nc1cncs1. The van der Waals surface area contributed by atoms with Crippen molar-refractivity contribution in [3.05, 3.63) is 47.4 Å². The van der Waals surface area contributed by atoms with E-state index >= 15 is 0 Å². The van der Waals surface area contributed by atoms with Crippen LogP contribution in [0.15, 0.2) is 36.0 Å². The molecule has 0 unspecified atom stereocenters. The zero-order chi connectivity index (χ0) is 13.5. The van der Waals surface area contributed by atoms with Gasteiger partial charge in [-0.1, -0.05) is 12.1 Å². The van der Waals surface area contributed by atoms with Crippen LogP contribution in [0.25, 0.3) is 0 Å². The van der Waals surface area contributed by atoms with Gasteiger partial charge in [-0.05, 0) is 37.0 Å². The second-order valence-corrected chi connectivity index (χ2v) is 5.13. The molecule has 1 amide bonds. The summed E-state index contributed by atoms with van der Waals surface area (Å²) in [4.78, 5) is 15.5. The van der Waals surface area contributed by atoms with Crippen molar-refractivity contribution in [3.63, 3.8) is 0 Å². The molecule has 1 heterocycles. The van der Waals surface area contributed by atoms with Crippen LogP contribution >= 0.6 is 11.3 Å². The predicted octanol–water partition coefficient (Wildman–Crippen LogP) is 3.63. The van der Waals surface area contributed by atoms with Crippen molar-refractivity contribution in [1.82, 2.24) is 4.98 Å². The number of carbonyl (C=O) groups excluding carboxylic acids is 1. The lowest BCUT2D eigenvalue weighted by Gasteiger charge is -2.03. The second kappa shape index (κ2) is 6.99. The summed E-state index contributed by atoms with van der Waals surface area (Å²) in [5.74, 6) is -0.198. The molecule has 0 saturated heterocycles. The van der Waals surface area contributed by atoms with Crippen LogP contribution < -0.4 is 5.32 Å². The van der Waals surface area contributed by atoms with Crippen molar-refractivity contribution < 1.29 is 9.18 Å². The zero-order valence-corrected chi connectivity index (χ0v) is 11.3. The Kier molecular flexibility index (Phi) is 5.03. The molecule has 2 aromatic rings. The van der Waals surface area contributed by atoms with Gasteiger partial charge in [-0.3, -0.25) is 9.78 Å². The van der Waals surface area contributed by atoms with Gasteiger partial charge in [-0.2, -0.15) is 0 Å². The van der Waals surface area contributed by atoms with E-state index in [1.165, 1.54) is 23.5 Å². The number of amides is 1. The van der Waals surface area contributed by atoms with Gasteiger partial charge in [-0.15, -0.1) is 11.3 Å². The van der Waals surface area contributed by atoms with Crippen LogP contribution in [-0.2, 0) is 11.2 Å². The van der Waals surface area contributed by atoms with Crippen LogP contribution in [0.4, 0.5) is 9.39 Å². The number of rotatable bonds is 6. The lowest BCUT2D eigenvalue weighted by molar-refractivity contribution is -0.116. The molecule has 0 bridgehead atoms. The van der Waals surface area contributed by atoms with E-state index < -0.39 is 0 Å². The smallest absolute Gasteiger partial charge is 0.225 e. The third-order valence-corrected chi connectivity index (χ3v) is 3.42. The number of nitrogens with one attached hydrogen (secondary N) is 1. The monoisotopic (exact) mass is 278 g/mol. The van der Waals surface area contributed by atoms with Gasteiger partial charge < -0.3 is 5.32 Å². The minimum absolute atomic E-state index is 0.0170. The number of nitrogens with zero attached hydrogens (tertiary/aromatic N) is 1. The molecule has 0 fully saturated rings. The number of unbranched alkanes of at least 4 members (excludes halogenated alkanes) is 1. The Bertz CT molecular complexity index is 511. The average Bonchev–Trinajstić information content (AvgIpc) is 2.89. The number of aryl methyl sites for hydroxylation is 1. The summed E-state index contributed by atoms with van der Waals surface area (Å²) in [5, 5.41) is 3.58. The maximum atomic E-state index is 12.7. The minimum atomic E-state index is -0.215. The summed E-state index contributed by atoms with van der Waals surface area (Å²) >= 11 is 1.41. The van der Waals surface area contributed by atoms with Gasteiger partial charge >= 0.3 is 0 Å². The van der Waals surface area contributed by atoms with Crippen molar-refractivity contribution >= 4 is 22.2 Å². The van der Waals surface area contributed by atoms with Crippen molar-refractivity contribution in [3.8, 4) is 0 Å². The Balaban J connectivity index is 1.64. The van der Waals surface area contributed by atoms with E-state index in [-0.39, 0.29) is 11.7 Å². The molecule has 100 valence electrons. The highest BCUT2D eigenvalue weighted by Crippen LogP contribution is 2.13.